The van der Waals surface area contributed by atoms with Crippen LogP contribution in [0.3, 0.4) is 0 Å². The Hall–Kier alpha value is -3.13. The van der Waals surface area contributed by atoms with Gasteiger partial charge in [-0.25, -0.2) is 0 Å². The molecule has 8 heteroatoms. The van der Waals surface area contributed by atoms with Crippen molar-refractivity contribution >= 4 is 17.7 Å². The van der Waals surface area contributed by atoms with Crippen LogP contribution >= 0.6 is 0 Å². The summed E-state index contributed by atoms with van der Waals surface area (Å²) in [5, 5.41) is 5.80. The molecule has 2 N–H and O–H groups in total. The molecule has 1 aliphatic heterocycles. The molecule has 1 saturated carbocycles. The molecule has 1 aliphatic carbocycles. The third-order valence-corrected chi connectivity index (χ3v) is 6.63. The number of nitrogens with one attached hydrogen (secondary N) is 2. The molecule has 2 atom stereocenters. The van der Waals surface area contributed by atoms with Crippen molar-refractivity contribution in [2.75, 3.05) is 19.7 Å². The van der Waals surface area contributed by atoms with Crippen LogP contribution in [0.4, 0.5) is 0 Å². The van der Waals surface area contributed by atoms with Crippen LogP contribution in [0.5, 0.6) is 0 Å². The topological polar surface area (TPSA) is 101 Å². The summed E-state index contributed by atoms with van der Waals surface area (Å²) in [5.74, 6) is -0.874. The molecule has 182 valence electrons. The first-order valence-electron chi connectivity index (χ1n) is 12.1. The molecule has 1 saturated heterocycles. The summed E-state index contributed by atoms with van der Waals surface area (Å²) < 4.78 is 10.9. The third kappa shape index (κ3) is 5.86. The zero-order valence-electron chi connectivity index (χ0n) is 19.6. The number of amides is 3. The highest BCUT2D eigenvalue weighted by Crippen LogP contribution is 2.28. The number of rotatable bonds is 9. The first-order valence-corrected chi connectivity index (χ1v) is 12.1. The van der Waals surface area contributed by atoms with E-state index in [-0.39, 0.29) is 42.8 Å². The molecule has 1 aromatic carbocycles. The van der Waals surface area contributed by atoms with Crippen LogP contribution in [0, 0.1) is 6.92 Å². The summed E-state index contributed by atoms with van der Waals surface area (Å²) in [5.41, 5.74) is 1.71. The molecule has 0 spiro atoms. The van der Waals surface area contributed by atoms with Crippen LogP contribution in [-0.2, 0) is 14.3 Å². The number of hydrogen-bond acceptors (Lipinski definition) is 5. The van der Waals surface area contributed by atoms with Crippen LogP contribution in [0.2, 0.25) is 0 Å². The first kappa shape index (κ1) is 24.0. The Labute approximate surface area is 200 Å². The van der Waals surface area contributed by atoms with E-state index in [1.165, 1.54) is 12.3 Å². The zero-order valence-corrected chi connectivity index (χ0v) is 19.6. The number of nitrogens with zero attached hydrogens (tertiary/aromatic N) is 1. The van der Waals surface area contributed by atoms with Gasteiger partial charge in [-0.15, -0.1) is 0 Å². The normalized spacial score (nSPS) is 19.0. The molecule has 0 radical (unpaired) electrons. The van der Waals surface area contributed by atoms with Gasteiger partial charge in [0.05, 0.1) is 18.9 Å². The van der Waals surface area contributed by atoms with Crippen molar-refractivity contribution < 1.29 is 23.5 Å². The van der Waals surface area contributed by atoms with Gasteiger partial charge >= 0.3 is 0 Å². The molecule has 8 nitrogen and oxygen atoms in total. The van der Waals surface area contributed by atoms with Crippen molar-refractivity contribution in [3.05, 3.63) is 59.5 Å². The van der Waals surface area contributed by atoms with Crippen LogP contribution in [0.25, 0.3) is 0 Å². The van der Waals surface area contributed by atoms with E-state index in [0.29, 0.717) is 6.61 Å². The van der Waals surface area contributed by atoms with E-state index in [0.717, 1.165) is 49.7 Å². The van der Waals surface area contributed by atoms with E-state index in [1.54, 1.807) is 11.0 Å². The number of aryl methyl sites for hydroxylation is 1. The molecule has 2 aliphatic rings. The second-order valence-electron chi connectivity index (χ2n) is 9.09. The van der Waals surface area contributed by atoms with Crippen LogP contribution in [0.1, 0.15) is 66.2 Å². The highest BCUT2D eigenvalue weighted by Gasteiger charge is 2.36. The lowest BCUT2D eigenvalue weighted by molar-refractivity contribution is -0.142. The molecule has 3 amide bonds. The Morgan fingerprint density at radius 3 is 2.53 bits per heavy atom. The maximum absolute atomic E-state index is 13.6. The highest BCUT2D eigenvalue weighted by atomic mass is 16.5. The number of carbonyl (C=O) groups is 3. The van der Waals surface area contributed by atoms with Gasteiger partial charge in [0.15, 0.2) is 5.76 Å². The van der Waals surface area contributed by atoms with Crippen molar-refractivity contribution in [2.45, 2.75) is 63.6 Å². The second-order valence-corrected chi connectivity index (χ2v) is 9.09. The predicted molar refractivity (Wildman–Crippen MR) is 126 cm³/mol. The average Bonchev–Trinajstić information content (AvgIpc) is 3.62. The van der Waals surface area contributed by atoms with Gasteiger partial charge in [-0.1, -0.05) is 37.1 Å². The SMILES string of the molecule is Cc1ccccc1[C@H](C(=O)NC1CCCC1)N(C[C@H]1CCCO1)C(=O)CNC(=O)c1ccco1. The first-order chi connectivity index (χ1) is 16.5. The fourth-order valence-corrected chi connectivity index (χ4v) is 4.81. The Bertz CT molecular complexity index is 978. The number of benzene rings is 1. The van der Waals surface area contributed by atoms with Gasteiger partial charge in [0.2, 0.25) is 11.8 Å². The van der Waals surface area contributed by atoms with Crippen LogP contribution in [-0.4, -0.2) is 54.5 Å². The highest BCUT2D eigenvalue weighted by molar-refractivity contribution is 5.95. The molecule has 2 fully saturated rings. The second kappa shape index (κ2) is 11.3. The number of carbonyl (C=O) groups excluding carboxylic acids is 3. The van der Waals surface area contributed by atoms with E-state index in [1.807, 2.05) is 31.2 Å². The van der Waals surface area contributed by atoms with Gasteiger partial charge in [-0.2, -0.15) is 0 Å². The predicted octanol–water partition coefficient (Wildman–Crippen LogP) is 3.13. The summed E-state index contributed by atoms with van der Waals surface area (Å²) >= 11 is 0. The molecule has 0 bridgehead atoms. The summed E-state index contributed by atoms with van der Waals surface area (Å²) in [6.07, 6.45) is 7.10. The Morgan fingerprint density at radius 1 is 1.06 bits per heavy atom. The molecular weight excluding hydrogens is 434 g/mol. The van der Waals surface area contributed by atoms with Gasteiger partial charge in [0, 0.05) is 19.2 Å². The average molecular weight is 468 g/mol. The molecular formula is C26H33N3O5. The van der Waals surface area contributed by atoms with Crippen LogP contribution < -0.4 is 10.6 Å². The molecule has 2 heterocycles. The summed E-state index contributed by atoms with van der Waals surface area (Å²) in [6.45, 7) is 2.63. The Kier molecular flexibility index (Phi) is 8.00. The lowest BCUT2D eigenvalue weighted by Crippen LogP contribution is -2.51. The Morgan fingerprint density at radius 2 is 1.85 bits per heavy atom. The standard InChI is InChI=1S/C26H33N3O5/c1-18-8-2-5-12-21(18)24(26(32)28-19-9-3-4-10-19)29(17-20-11-6-14-33-20)23(30)16-27-25(31)22-13-7-15-34-22/h2,5,7-8,12-13,15,19-20,24H,3-4,6,9-11,14,16-17H2,1H3,(H,27,31)(H,28,32)/t20-,24-/m1/s1. The molecule has 34 heavy (non-hydrogen) atoms. The maximum Gasteiger partial charge on any atom is 0.287 e. The monoisotopic (exact) mass is 467 g/mol. The minimum atomic E-state index is -0.806. The number of ether oxygens (including phenoxy) is 1. The smallest absolute Gasteiger partial charge is 0.287 e. The summed E-state index contributed by atoms with van der Waals surface area (Å²) in [7, 11) is 0. The molecule has 0 unspecified atom stereocenters. The van der Waals surface area contributed by atoms with Gasteiger partial charge < -0.3 is 24.7 Å². The van der Waals surface area contributed by atoms with Gasteiger partial charge in [-0.3, -0.25) is 14.4 Å². The minimum absolute atomic E-state index is 0.123. The van der Waals surface area contributed by atoms with Gasteiger partial charge in [-0.05, 0) is 55.9 Å². The lowest BCUT2D eigenvalue weighted by atomic mass is 9.97. The van der Waals surface area contributed by atoms with Crippen molar-refractivity contribution in [3.63, 3.8) is 0 Å². The van der Waals surface area contributed by atoms with E-state index in [9.17, 15) is 14.4 Å². The fraction of sp³-hybridized carbons (Fsp3) is 0.500. The van der Waals surface area contributed by atoms with Crippen LogP contribution in [0.15, 0.2) is 47.1 Å². The zero-order chi connectivity index (χ0) is 23.9. The van der Waals surface area contributed by atoms with Crippen molar-refractivity contribution in [1.82, 2.24) is 15.5 Å². The summed E-state index contributed by atoms with van der Waals surface area (Å²) in [6, 6.07) is 10.1. The minimum Gasteiger partial charge on any atom is -0.459 e. The molecule has 2 aromatic rings. The van der Waals surface area contributed by atoms with Crippen molar-refractivity contribution in [1.29, 1.82) is 0 Å². The van der Waals surface area contributed by atoms with E-state index < -0.39 is 11.9 Å². The van der Waals surface area contributed by atoms with Gasteiger partial charge in [0.1, 0.15) is 6.04 Å². The fourth-order valence-electron chi connectivity index (χ4n) is 4.81. The van der Waals surface area contributed by atoms with E-state index >= 15 is 0 Å². The maximum atomic E-state index is 13.6. The van der Waals surface area contributed by atoms with Crippen molar-refractivity contribution in [2.24, 2.45) is 0 Å². The van der Waals surface area contributed by atoms with Gasteiger partial charge in [0.25, 0.3) is 5.91 Å². The lowest BCUT2D eigenvalue weighted by Gasteiger charge is -2.34. The third-order valence-electron chi connectivity index (χ3n) is 6.63. The van der Waals surface area contributed by atoms with E-state index in [2.05, 4.69) is 10.6 Å². The van der Waals surface area contributed by atoms with E-state index in [4.69, 9.17) is 9.15 Å². The molecule has 1 aromatic heterocycles. The molecule has 4 rings (SSSR count). The Balaban J connectivity index is 1.59. The number of hydrogen-bond donors (Lipinski definition) is 2. The summed E-state index contributed by atoms with van der Waals surface area (Å²) in [4.78, 5) is 41.1. The quantitative estimate of drug-likeness (QED) is 0.590. The van der Waals surface area contributed by atoms with Crippen molar-refractivity contribution in [3.8, 4) is 0 Å². The largest absolute Gasteiger partial charge is 0.459 e. The number of furan rings is 1.